The highest BCUT2D eigenvalue weighted by molar-refractivity contribution is 8.38. The first-order valence-corrected chi connectivity index (χ1v) is 8.11. The highest BCUT2D eigenvalue weighted by Crippen LogP contribution is 2.68. The molecule has 3 heteroatoms. The number of rotatable bonds is 2. The van der Waals surface area contributed by atoms with Gasteiger partial charge in [-0.05, 0) is 41.8 Å². The van der Waals surface area contributed by atoms with Gasteiger partial charge in [-0.25, -0.2) is 0 Å². The minimum atomic E-state index is 0.331. The van der Waals surface area contributed by atoms with Crippen molar-refractivity contribution in [1.82, 2.24) is 0 Å². The van der Waals surface area contributed by atoms with E-state index in [9.17, 15) is 4.79 Å². The molecule has 0 saturated heterocycles. The van der Waals surface area contributed by atoms with E-state index in [1.807, 2.05) is 0 Å². The fourth-order valence-corrected chi connectivity index (χ4v) is 6.03. The summed E-state index contributed by atoms with van der Waals surface area (Å²) in [5.41, 5.74) is 0.814. The molecule has 2 aliphatic carbocycles. The number of carbonyl (C=O) groups is 1. The van der Waals surface area contributed by atoms with E-state index in [0.29, 0.717) is 20.5 Å². The average Bonchev–Trinajstić information content (AvgIpc) is 2.51. The van der Waals surface area contributed by atoms with Gasteiger partial charge in [-0.15, -0.1) is 0 Å². The van der Waals surface area contributed by atoms with Crippen molar-refractivity contribution in [2.45, 2.75) is 52.2 Å². The molecule has 0 spiro atoms. The van der Waals surface area contributed by atoms with Gasteiger partial charge in [0, 0.05) is 5.25 Å². The molecule has 2 fully saturated rings. The Bertz CT molecular complexity index is 300. The third kappa shape index (κ3) is 1.74. The SMILES string of the molecule is CCSC(=O)S[C@@H]1C[C@H]2CC[C@]1(C)C2(C)C. The molecule has 2 saturated carbocycles. The number of fused-ring (bicyclic) bond motifs is 2. The zero-order valence-electron chi connectivity index (χ0n) is 10.7. The standard InChI is InChI=1S/C13H22OS2/c1-5-15-11(14)16-10-8-9-6-7-13(10,4)12(9,2)3/h9-10H,5-8H2,1-4H3/t9-,10-,13+/m1/s1. The van der Waals surface area contributed by atoms with Gasteiger partial charge >= 0.3 is 0 Å². The van der Waals surface area contributed by atoms with Gasteiger partial charge in [0.05, 0.1) is 0 Å². The molecule has 2 bridgehead atoms. The summed E-state index contributed by atoms with van der Waals surface area (Å²) in [6.07, 6.45) is 3.94. The molecule has 3 atom stereocenters. The van der Waals surface area contributed by atoms with Crippen LogP contribution in [0.3, 0.4) is 0 Å². The van der Waals surface area contributed by atoms with Crippen LogP contribution in [0.1, 0.15) is 47.0 Å². The van der Waals surface area contributed by atoms with Crippen LogP contribution in [0.4, 0.5) is 4.79 Å². The monoisotopic (exact) mass is 258 g/mol. The average molecular weight is 258 g/mol. The topological polar surface area (TPSA) is 17.1 Å². The molecular weight excluding hydrogens is 236 g/mol. The maximum atomic E-state index is 11.8. The van der Waals surface area contributed by atoms with E-state index in [4.69, 9.17) is 0 Å². The van der Waals surface area contributed by atoms with Crippen LogP contribution in [-0.2, 0) is 0 Å². The second-order valence-electron chi connectivity index (χ2n) is 5.90. The highest BCUT2D eigenvalue weighted by atomic mass is 32.2. The van der Waals surface area contributed by atoms with Crippen LogP contribution in [0, 0.1) is 16.7 Å². The summed E-state index contributed by atoms with van der Waals surface area (Å²) >= 11 is 3.09. The Labute approximate surface area is 108 Å². The minimum Gasteiger partial charge on any atom is -0.274 e. The van der Waals surface area contributed by atoms with Gasteiger partial charge in [-0.2, -0.15) is 0 Å². The zero-order valence-corrected chi connectivity index (χ0v) is 12.3. The molecule has 0 aromatic heterocycles. The van der Waals surface area contributed by atoms with Gasteiger partial charge in [-0.1, -0.05) is 51.2 Å². The fraction of sp³-hybridized carbons (Fsp3) is 0.923. The molecule has 92 valence electrons. The molecule has 1 nitrogen and oxygen atoms in total. The third-order valence-corrected chi connectivity index (χ3v) is 7.57. The van der Waals surface area contributed by atoms with Crippen molar-refractivity contribution < 1.29 is 4.79 Å². The summed E-state index contributed by atoms with van der Waals surface area (Å²) in [5.74, 6) is 1.75. The summed E-state index contributed by atoms with van der Waals surface area (Å²) < 4.78 is 0.331. The smallest absolute Gasteiger partial charge is 0.246 e. The Morgan fingerprint density at radius 2 is 2.06 bits per heavy atom. The Kier molecular flexibility index (Phi) is 3.39. The lowest BCUT2D eigenvalue weighted by Crippen LogP contribution is -2.34. The Morgan fingerprint density at radius 1 is 1.38 bits per heavy atom. The highest BCUT2D eigenvalue weighted by Gasteiger charge is 2.61. The lowest BCUT2D eigenvalue weighted by molar-refractivity contribution is 0.156. The molecule has 0 heterocycles. The van der Waals surface area contributed by atoms with E-state index >= 15 is 0 Å². The van der Waals surface area contributed by atoms with Gasteiger partial charge in [-0.3, -0.25) is 4.79 Å². The van der Waals surface area contributed by atoms with Crippen molar-refractivity contribution in [1.29, 1.82) is 0 Å². The summed E-state index contributed by atoms with van der Waals surface area (Å²) in [6, 6.07) is 0. The maximum Gasteiger partial charge on any atom is 0.246 e. The lowest BCUT2D eigenvalue weighted by atomic mass is 9.71. The summed E-state index contributed by atoms with van der Waals surface area (Å²) in [5, 5.41) is 0.563. The predicted molar refractivity (Wildman–Crippen MR) is 74.1 cm³/mol. The first kappa shape index (κ1) is 12.8. The molecule has 0 radical (unpaired) electrons. The molecule has 0 unspecified atom stereocenters. The van der Waals surface area contributed by atoms with Crippen LogP contribution >= 0.6 is 23.5 Å². The predicted octanol–water partition coefficient (Wildman–Crippen LogP) is 4.81. The second kappa shape index (κ2) is 4.24. The molecule has 0 aromatic carbocycles. The van der Waals surface area contributed by atoms with Gasteiger partial charge in [0.2, 0.25) is 4.45 Å². The van der Waals surface area contributed by atoms with E-state index in [1.165, 1.54) is 31.0 Å². The second-order valence-corrected chi connectivity index (χ2v) is 8.57. The lowest BCUT2D eigenvalue weighted by Gasteiger charge is -2.38. The number of hydrogen-bond acceptors (Lipinski definition) is 3. The van der Waals surface area contributed by atoms with Crippen LogP contribution in [0.5, 0.6) is 0 Å². The summed E-state index contributed by atoms with van der Waals surface area (Å²) in [6.45, 7) is 9.27. The van der Waals surface area contributed by atoms with Crippen molar-refractivity contribution in [2.24, 2.45) is 16.7 Å². The minimum absolute atomic E-state index is 0.331. The van der Waals surface area contributed by atoms with Crippen LogP contribution < -0.4 is 0 Å². The number of thioether (sulfide) groups is 2. The van der Waals surface area contributed by atoms with Crippen molar-refractivity contribution in [3.8, 4) is 0 Å². The third-order valence-electron chi connectivity index (χ3n) is 5.21. The molecule has 0 N–H and O–H groups in total. The van der Waals surface area contributed by atoms with Crippen LogP contribution in [-0.4, -0.2) is 15.5 Å². The van der Waals surface area contributed by atoms with Crippen molar-refractivity contribution in [3.63, 3.8) is 0 Å². The molecular formula is C13H22OS2. The molecule has 2 rings (SSSR count). The molecule has 16 heavy (non-hydrogen) atoms. The van der Waals surface area contributed by atoms with Crippen molar-refractivity contribution in [2.75, 3.05) is 5.75 Å². The van der Waals surface area contributed by atoms with Gasteiger partial charge in [0.15, 0.2) is 0 Å². The molecule has 0 aromatic rings. The van der Waals surface area contributed by atoms with Gasteiger partial charge < -0.3 is 0 Å². The van der Waals surface area contributed by atoms with E-state index in [-0.39, 0.29) is 0 Å². The Hall–Kier alpha value is 0.370. The first-order chi connectivity index (χ1) is 7.41. The van der Waals surface area contributed by atoms with E-state index in [1.54, 1.807) is 11.8 Å². The number of hydrogen-bond donors (Lipinski definition) is 0. The van der Waals surface area contributed by atoms with Crippen LogP contribution in [0.15, 0.2) is 0 Å². The first-order valence-electron chi connectivity index (χ1n) is 6.25. The van der Waals surface area contributed by atoms with Gasteiger partial charge in [0.25, 0.3) is 0 Å². The largest absolute Gasteiger partial charge is 0.274 e. The van der Waals surface area contributed by atoms with E-state index < -0.39 is 0 Å². The summed E-state index contributed by atoms with van der Waals surface area (Å²) in [4.78, 5) is 11.8. The Balaban J connectivity index is 2.07. The number of carbonyl (C=O) groups excluding carboxylic acids is 1. The molecule has 0 aliphatic heterocycles. The van der Waals surface area contributed by atoms with Crippen molar-refractivity contribution in [3.05, 3.63) is 0 Å². The van der Waals surface area contributed by atoms with Gasteiger partial charge in [0.1, 0.15) is 0 Å². The quantitative estimate of drug-likeness (QED) is 0.707. The van der Waals surface area contributed by atoms with E-state index in [2.05, 4.69) is 27.7 Å². The maximum absolute atomic E-state index is 11.8. The van der Waals surface area contributed by atoms with Crippen LogP contribution in [0.2, 0.25) is 0 Å². The normalized spacial score (nSPS) is 40.2. The van der Waals surface area contributed by atoms with Crippen LogP contribution in [0.25, 0.3) is 0 Å². The fourth-order valence-electron chi connectivity index (χ4n) is 3.58. The Morgan fingerprint density at radius 3 is 2.50 bits per heavy atom. The zero-order chi connectivity index (χ0) is 12.0. The van der Waals surface area contributed by atoms with E-state index in [0.717, 1.165) is 11.7 Å². The van der Waals surface area contributed by atoms with Crippen molar-refractivity contribution >= 4 is 28.0 Å². The summed E-state index contributed by atoms with van der Waals surface area (Å²) in [7, 11) is 0. The molecule has 0 amide bonds. The molecule has 2 aliphatic rings.